The lowest BCUT2D eigenvalue weighted by molar-refractivity contribution is 0.0613. The van der Waals surface area contributed by atoms with Crippen LogP contribution in [-0.4, -0.2) is 13.2 Å². The van der Waals surface area contributed by atoms with Crippen LogP contribution in [0, 0.1) is 0 Å². The fraction of sp³-hybridized carbons (Fsp3) is 0.241. The maximum Gasteiger partial charge on any atom is 0.0720 e. The van der Waals surface area contributed by atoms with E-state index < -0.39 is 0 Å². The van der Waals surface area contributed by atoms with Crippen molar-refractivity contribution in [2.75, 3.05) is 13.2 Å². The molecule has 0 saturated carbocycles. The smallest absolute Gasteiger partial charge is 0.0720 e. The number of rotatable bonds is 7. The van der Waals surface area contributed by atoms with Crippen LogP contribution in [0.5, 0.6) is 0 Å². The van der Waals surface area contributed by atoms with Gasteiger partial charge in [-0.3, -0.25) is 0 Å². The number of hydrogen-bond donors (Lipinski definition) is 1. The van der Waals surface area contributed by atoms with Crippen molar-refractivity contribution in [2.24, 2.45) is 0 Å². The van der Waals surface area contributed by atoms with E-state index in [0.29, 0.717) is 6.61 Å². The Kier molecular flexibility index (Phi) is 5.84. The predicted octanol–water partition coefficient (Wildman–Crippen LogP) is 6.23. The maximum atomic E-state index is 6.11. The number of fused-ring (bicyclic) bond motifs is 2. The highest BCUT2D eigenvalue weighted by Crippen LogP contribution is 2.41. The Balaban J connectivity index is 1.28. The average molecular weight is 408 g/mol. The van der Waals surface area contributed by atoms with Gasteiger partial charge in [0.05, 0.1) is 13.2 Å². The van der Waals surface area contributed by atoms with Crippen molar-refractivity contribution in [2.45, 2.75) is 31.4 Å². The summed E-state index contributed by atoms with van der Waals surface area (Å²) in [5, 5.41) is 6.26. The fourth-order valence-corrected chi connectivity index (χ4v) is 4.97. The Morgan fingerprint density at radius 3 is 2.45 bits per heavy atom. The first-order valence-electron chi connectivity index (χ1n) is 11.3. The van der Waals surface area contributed by atoms with E-state index in [2.05, 4.69) is 102 Å². The van der Waals surface area contributed by atoms with Gasteiger partial charge in [-0.2, -0.15) is 0 Å². The highest BCUT2D eigenvalue weighted by atomic mass is 16.5. The van der Waals surface area contributed by atoms with Crippen molar-refractivity contribution in [3.05, 3.63) is 119 Å². The Labute approximate surface area is 184 Å². The maximum absolute atomic E-state index is 6.11. The molecule has 0 aliphatic carbocycles. The molecule has 2 heteroatoms. The summed E-state index contributed by atoms with van der Waals surface area (Å²) in [6, 6.07) is 35.0. The van der Waals surface area contributed by atoms with E-state index in [1.165, 1.54) is 33.0 Å². The fourth-order valence-electron chi connectivity index (χ4n) is 4.97. The van der Waals surface area contributed by atoms with Gasteiger partial charge in [-0.05, 0) is 58.5 Å². The van der Waals surface area contributed by atoms with Crippen molar-refractivity contribution in [1.82, 2.24) is 5.32 Å². The molecule has 0 spiro atoms. The van der Waals surface area contributed by atoms with Crippen LogP contribution in [0.1, 0.15) is 35.1 Å². The Morgan fingerprint density at radius 2 is 1.55 bits per heavy atom. The lowest BCUT2D eigenvalue weighted by Gasteiger charge is -2.40. The standard InChI is InChI=1S/C29H29NO/c1-2-12-27(13-3-1)29(22-31-21-26-11-6-7-14-28(26)29)17-8-18-30-20-23-15-16-24-9-4-5-10-25(24)19-23/h1-7,9-16,19,30H,8,17-18,20-22H2. The highest BCUT2D eigenvalue weighted by molar-refractivity contribution is 5.82. The van der Waals surface area contributed by atoms with E-state index >= 15 is 0 Å². The molecule has 0 bridgehead atoms. The van der Waals surface area contributed by atoms with Crippen molar-refractivity contribution < 1.29 is 4.74 Å². The van der Waals surface area contributed by atoms with Gasteiger partial charge < -0.3 is 10.1 Å². The number of nitrogens with one attached hydrogen (secondary N) is 1. The third-order valence-electron chi connectivity index (χ3n) is 6.57. The van der Waals surface area contributed by atoms with Gasteiger partial charge in [0.15, 0.2) is 0 Å². The second-order valence-corrected chi connectivity index (χ2v) is 8.56. The molecule has 1 aliphatic rings. The first-order valence-corrected chi connectivity index (χ1v) is 11.3. The first kappa shape index (κ1) is 20.0. The zero-order valence-electron chi connectivity index (χ0n) is 17.9. The van der Waals surface area contributed by atoms with Gasteiger partial charge in [-0.1, -0.05) is 91.0 Å². The Hall–Kier alpha value is -2.94. The molecule has 156 valence electrons. The topological polar surface area (TPSA) is 21.3 Å². The summed E-state index contributed by atoms with van der Waals surface area (Å²) in [6.07, 6.45) is 2.17. The second kappa shape index (κ2) is 9.05. The highest BCUT2D eigenvalue weighted by Gasteiger charge is 2.38. The van der Waals surface area contributed by atoms with Gasteiger partial charge in [0.2, 0.25) is 0 Å². The third kappa shape index (κ3) is 4.14. The van der Waals surface area contributed by atoms with E-state index in [9.17, 15) is 0 Å². The molecule has 1 atom stereocenters. The van der Waals surface area contributed by atoms with E-state index in [1.807, 2.05) is 0 Å². The number of ether oxygens (including phenoxy) is 1. The zero-order valence-corrected chi connectivity index (χ0v) is 17.9. The van der Waals surface area contributed by atoms with Gasteiger partial charge in [-0.15, -0.1) is 0 Å². The molecular weight excluding hydrogens is 378 g/mol. The first-order chi connectivity index (χ1) is 15.4. The van der Waals surface area contributed by atoms with Crippen LogP contribution >= 0.6 is 0 Å². The minimum Gasteiger partial charge on any atom is -0.375 e. The van der Waals surface area contributed by atoms with Crippen molar-refractivity contribution in [3.8, 4) is 0 Å². The molecule has 5 rings (SSSR count). The van der Waals surface area contributed by atoms with Crippen LogP contribution in [0.25, 0.3) is 10.8 Å². The summed E-state index contributed by atoms with van der Waals surface area (Å²) in [4.78, 5) is 0. The van der Waals surface area contributed by atoms with Crippen LogP contribution in [0.2, 0.25) is 0 Å². The second-order valence-electron chi connectivity index (χ2n) is 8.56. The van der Waals surface area contributed by atoms with E-state index in [4.69, 9.17) is 4.74 Å². The van der Waals surface area contributed by atoms with Gasteiger partial charge in [0, 0.05) is 12.0 Å². The molecular formula is C29H29NO. The molecule has 0 amide bonds. The summed E-state index contributed by atoms with van der Waals surface area (Å²) in [5.74, 6) is 0. The van der Waals surface area contributed by atoms with E-state index in [1.54, 1.807) is 0 Å². The summed E-state index contributed by atoms with van der Waals surface area (Å²) >= 11 is 0. The Bertz CT molecular complexity index is 1150. The SMILES string of the molecule is c1ccc(C2(CCCNCc3ccc4ccccc4c3)COCc3ccccc32)cc1. The molecule has 0 saturated heterocycles. The largest absolute Gasteiger partial charge is 0.375 e. The van der Waals surface area contributed by atoms with Gasteiger partial charge in [0.1, 0.15) is 0 Å². The molecule has 0 aromatic heterocycles. The minimum absolute atomic E-state index is 0.0687. The summed E-state index contributed by atoms with van der Waals surface area (Å²) < 4.78 is 6.11. The van der Waals surface area contributed by atoms with E-state index in [-0.39, 0.29) is 5.41 Å². The molecule has 4 aromatic carbocycles. The predicted molar refractivity (Wildman–Crippen MR) is 128 cm³/mol. The summed E-state index contributed by atoms with van der Waals surface area (Å²) in [5.41, 5.74) is 5.38. The van der Waals surface area contributed by atoms with Crippen LogP contribution < -0.4 is 5.32 Å². The average Bonchev–Trinajstić information content (AvgIpc) is 2.84. The third-order valence-corrected chi connectivity index (χ3v) is 6.57. The van der Waals surface area contributed by atoms with Crippen LogP contribution in [0.3, 0.4) is 0 Å². The number of benzene rings is 4. The molecule has 4 aromatic rings. The minimum atomic E-state index is -0.0687. The van der Waals surface area contributed by atoms with Crippen LogP contribution in [0.4, 0.5) is 0 Å². The lowest BCUT2D eigenvalue weighted by Crippen LogP contribution is -2.38. The lowest BCUT2D eigenvalue weighted by atomic mass is 9.69. The summed E-state index contributed by atoms with van der Waals surface area (Å²) in [7, 11) is 0. The van der Waals surface area contributed by atoms with E-state index in [0.717, 1.165) is 32.5 Å². The van der Waals surface area contributed by atoms with Crippen molar-refractivity contribution in [3.63, 3.8) is 0 Å². The van der Waals surface area contributed by atoms with Gasteiger partial charge >= 0.3 is 0 Å². The normalized spacial score (nSPS) is 18.1. The molecule has 0 fully saturated rings. The van der Waals surface area contributed by atoms with Crippen LogP contribution in [-0.2, 0) is 23.3 Å². The molecule has 31 heavy (non-hydrogen) atoms. The summed E-state index contributed by atoms with van der Waals surface area (Å²) in [6.45, 7) is 3.35. The molecule has 0 radical (unpaired) electrons. The van der Waals surface area contributed by atoms with Crippen molar-refractivity contribution >= 4 is 10.8 Å². The molecule has 2 nitrogen and oxygen atoms in total. The Morgan fingerprint density at radius 1 is 0.774 bits per heavy atom. The van der Waals surface area contributed by atoms with Crippen LogP contribution in [0.15, 0.2) is 97.1 Å². The molecule has 1 aliphatic heterocycles. The molecule has 1 N–H and O–H groups in total. The quantitative estimate of drug-likeness (QED) is 0.367. The van der Waals surface area contributed by atoms with Gasteiger partial charge in [0.25, 0.3) is 0 Å². The monoisotopic (exact) mass is 407 g/mol. The van der Waals surface area contributed by atoms with Gasteiger partial charge in [-0.25, -0.2) is 0 Å². The molecule has 1 unspecified atom stereocenters. The molecule has 1 heterocycles. The van der Waals surface area contributed by atoms with Crippen molar-refractivity contribution in [1.29, 1.82) is 0 Å². The number of hydrogen-bond acceptors (Lipinski definition) is 2. The zero-order chi connectivity index (χ0) is 20.9.